The van der Waals surface area contributed by atoms with Gasteiger partial charge in [-0.25, -0.2) is 4.99 Å². The van der Waals surface area contributed by atoms with E-state index in [4.69, 9.17) is 0 Å². The molecular weight excluding hydrogens is 398 g/mol. The molecule has 0 unspecified atom stereocenters. The summed E-state index contributed by atoms with van der Waals surface area (Å²) in [6.07, 6.45) is 2.57. The molecule has 0 bridgehead atoms. The molecule has 0 aliphatic heterocycles. The smallest absolute Gasteiger partial charge is 0.242 e. The molecule has 30 heavy (non-hydrogen) atoms. The van der Waals surface area contributed by atoms with Gasteiger partial charge in [-0.2, -0.15) is 0 Å². The fourth-order valence-electron chi connectivity index (χ4n) is 2.67. The minimum atomic E-state index is -0.273. The minimum Gasteiger partial charge on any atom is -0.356 e. The number of hydrogen-bond acceptors (Lipinski definition) is 5. The van der Waals surface area contributed by atoms with Crippen LogP contribution < -0.4 is 16.0 Å². The van der Waals surface area contributed by atoms with Crippen molar-refractivity contribution < 1.29 is 4.79 Å². The van der Waals surface area contributed by atoms with Gasteiger partial charge in [0.1, 0.15) is 18.7 Å². The van der Waals surface area contributed by atoms with Crippen molar-refractivity contribution in [1.82, 2.24) is 30.7 Å². The first kappa shape index (κ1) is 23.7. The maximum Gasteiger partial charge on any atom is 0.242 e. The Bertz CT molecular complexity index is 799. The number of rotatable bonds is 10. The summed E-state index contributed by atoms with van der Waals surface area (Å²) in [5.41, 5.74) is -0.273. The number of guanidine groups is 1. The molecule has 8 nitrogen and oxygen atoms in total. The Balaban J connectivity index is 1.86. The van der Waals surface area contributed by atoms with E-state index in [0.717, 1.165) is 31.1 Å². The number of aliphatic imine (C=N–C) groups is 1. The second-order valence-corrected chi connectivity index (χ2v) is 8.94. The van der Waals surface area contributed by atoms with E-state index in [1.807, 2.05) is 43.5 Å². The zero-order chi connectivity index (χ0) is 21.8. The zero-order valence-electron chi connectivity index (χ0n) is 18.3. The Morgan fingerprint density at radius 1 is 1.17 bits per heavy atom. The third kappa shape index (κ3) is 9.30. The Labute approximate surface area is 183 Å². The summed E-state index contributed by atoms with van der Waals surface area (Å²) in [6, 6.07) is 10.3. The summed E-state index contributed by atoms with van der Waals surface area (Å²) in [4.78, 5) is 17.8. The zero-order valence-corrected chi connectivity index (χ0v) is 19.1. The summed E-state index contributed by atoms with van der Waals surface area (Å²) in [5.74, 6) is 2.37. The van der Waals surface area contributed by atoms with E-state index in [9.17, 15) is 4.79 Å². The highest BCUT2D eigenvalue weighted by molar-refractivity contribution is 7.99. The Kier molecular flexibility index (Phi) is 9.66. The van der Waals surface area contributed by atoms with Crippen LogP contribution in [0, 0.1) is 0 Å². The highest BCUT2D eigenvalue weighted by Gasteiger charge is 2.13. The monoisotopic (exact) mass is 431 g/mol. The van der Waals surface area contributed by atoms with Gasteiger partial charge in [0.05, 0.1) is 0 Å². The van der Waals surface area contributed by atoms with Crippen molar-refractivity contribution in [3.05, 3.63) is 42.5 Å². The number of nitrogens with zero attached hydrogens (tertiary/aromatic N) is 4. The molecule has 0 spiro atoms. The van der Waals surface area contributed by atoms with Crippen LogP contribution in [-0.4, -0.2) is 57.6 Å². The maximum absolute atomic E-state index is 12.1. The fourth-order valence-corrected chi connectivity index (χ4v) is 3.46. The minimum absolute atomic E-state index is 0.0747. The van der Waals surface area contributed by atoms with Crippen LogP contribution in [0.2, 0.25) is 0 Å². The van der Waals surface area contributed by atoms with Crippen LogP contribution in [-0.2, 0) is 17.8 Å². The van der Waals surface area contributed by atoms with Crippen molar-refractivity contribution in [3.8, 4) is 0 Å². The summed E-state index contributed by atoms with van der Waals surface area (Å²) >= 11 is 1.78. The van der Waals surface area contributed by atoms with Gasteiger partial charge in [0, 0.05) is 42.2 Å². The molecule has 1 aromatic carbocycles. The molecule has 0 fully saturated rings. The van der Waals surface area contributed by atoms with Crippen LogP contribution in [0.4, 0.5) is 0 Å². The van der Waals surface area contributed by atoms with Gasteiger partial charge in [0.15, 0.2) is 5.96 Å². The van der Waals surface area contributed by atoms with Crippen LogP contribution >= 0.6 is 11.8 Å². The maximum atomic E-state index is 12.1. The average molecular weight is 432 g/mol. The van der Waals surface area contributed by atoms with Gasteiger partial charge in [-0.05, 0) is 32.9 Å². The third-order valence-corrected chi connectivity index (χ3v) is 4.97. The first-order valence-corrected chi connectivity index (χ1v) is 11.2. The Hall–Kier alpha value is -2.55. The number of nitrogens with one attached hydrogen (secondary N) is 3. The van der Waals surface area contributed by atoms with Crippen molar-refractivity contribution in [2.45, 2.75) is 51.1 Å². The van der Waals surface area contributed by atoms with E-state index in [1.165, 1.54) is 4.90 Å². The first-order valence-electron chi connectivity index (χ1n) is 10.2. The molecule has 3 N–H and O–H groups in total. The lowest BCUT2D eigenvalue weighted by atomic mass is 10.1. The van der Waals surface area contributed by atoms with Crippen molar-refractivity contribution in [2.24, 2.45) is 4.99 Å². The Morgan fingerprint density at radius 2 is 1.90 bits per heavy atom. The van der Waals surface area contributed by atoms with E-state index in [0.29, 0.717) is 12.5 Å². The highest BCUT2D eigenvalue weighted by Crippen LogP contribution is 2.15. The predicted octanol–water partition coefficient (Wildman–Crippen LogP) is 2.08. The number of aromatic nitrogens is 3. The van der Waals surface area contributed by atoms with Crippen LogP contribution in [0.1, 0.15) is 33.5 Å². The molecule has 9 heteroatoms. The van der Waals surface area contributed by atoms with E-state index in [-0.39, 0.29) is 18.0 Å². The number of carbonyl (C=O) groups excluding carboxylic acids is 1. The van der Waals surface area contributed by atoms with Crippen molar-refractivity contribution in [3.63, 3.8) is 0 Å². The SMILES string of the molecule is CCc1nncn1CCNC(=NCC(=O)NC(C)(C)C)NCCSc1ccccc1. The van der Waals surface area contributed by atoms with Crippen LogP contribution in [0.5, 0.6) is 0 Å². The highest BCUT2D eigenvalue weighted by atomic mass is 32.2. The summed E-state index contributed by atoms with van der Waals surface area (Å²) in [7, 11) is 0. The predicted molar refractivity (Wildman–Crippen MR) is 123 cm³/mol. The van der Waals surface area contributed by atoms with Gasteiger partial charge in [-0.3, -0.25) is 4.79 Å². The molecule has 1 heterocycles. The molecule has 0 saturated carbocycles. The molecule has 0 atom stereocenters. The van der Waals surface area contributed by atoms with Gasteiger partial charge in [0.2, 0.25) is 5.91 Å². The van der Waals surface area contributed by atoms with Gasteiger partial charge in [-0.1, -0.05) is 25.1 Å². The van der Waals surface area contributed by atoms with Gasteiger partial charge < -0.3 is 20.5 Å². The lowest BCUT2D eigenvalue weighted by molar-refractivity contribution is -0.121. The standard InChI is InChI=1S/C21H33N7OS/c1-5-18-27-25-16-28(18)13-11-22-20(24-15-19(29)26-21(2,3)4)23-12-14-30-17-9-7-6-8-10-17/h6-10,16H,5,11-15H2,1-4H3,(H,26,29)(H2,22,23,24). The topological polar surface area (TPSA) is 96.2 Å². The number of carbonyl (C=O) groups is 1. The van der Waals surface area contributed by atoms with Crippen LogP contribution in [0.3, 0.4) is 0 Å². The largest absolute Gasteiger partial charge is 0.356 e. The molecule has 0 aliphatic carbocycles. The molecular formula is C21H33N7OS. The average Bonchev–Trinajstić information content (AvgIpc) is 3.15. The number of thioether (sulfide) groups is 1. The third-order valence-electron chi connectivity index (χ3n) is 3.96. The number of amides is 1. The molecule has 1 aromatic heterocycles. The fraction of sp³-hybridized carbons (Fsp3) is 0.524. The normalized spacial score (nSPS) is 11.9. The number of aryl methyl sites for hydroxylation is 1. The lowest BCUT2D eigenvalue weighted by Gasteiger charge is -2.20. The molecule has 164 valence electrons. The lowest BCUT2D eigenvalue weighted by Crippen LogP contribution is -2.44. The quantitative estimate of drug-likeness (QED) is 0.231. The second kappa shape index (κ2) is 12.2. The number of benzene rings is 1. The molecule has 1 amide bonds. The molecule has 0 saturated heterocycles. The summed E-state index contributed by atoms with van der Waals surface area (Å²) < 4.78 is 2.02. The van der Waals surface area contributed by atoms with Crippen LogP contribution in [0.25, 0.3) is 0 Å². The van der Waals surface area contributed by atoms with E-state index in [2.05, 4.69) is 50.2 Å². The Morgan fingerprint density at radius 3 is 2.60 bits per heavy atom. The number of hydrogen-bond donors (Lipinski definition) is 3. The van der Waals surface area contributed by atoms with Crippen molar-refractivity contribution in [1.29, 1.82) is 0 Å². The van der Waals surface area contributed by atoms with Gasteiger partial charge in [0.25, 0.3) is 0 Å². The van der Waals surface area contributed by atoms with Crippen LogP contribution in [0.15, 0.2) is 46.5 Å². The second-order valence-electron chi connectivity index (χ2n) is 7.77. The van der Waals surface area contributed by atoms with E-state index >= 15 is 0 Å². The van der Waals surface area contributed by atoms with Gasteiger partial charge >= 0.3 is 0 Å². The molecule has 0 radical (unpaired) electrons. The summed E-state index contributed by atoms with van der Waals surface area (Å²) in [5, 5.41) is 17.6. The molecule has 0 aliphatic rings. The van der Waals surface area contributed by atoms with E-state index < -0.39 is 0 Å². The molecule has 2 aromatic rings. The first-order chi connectivity index (χ1) is 14.4. The van der Waals surface area contributed by atoms with E-state index in [1.54, 1.807) is 18.1 Å². The van der Waals surface area contributed by atoms with Crippen molar-refractivity contribution in [2.75, 3.05) is 25.4 Å². The summed E-state index contributed by atoms with van der Waals surface area (Å²) in [6.45, 7) is 10.1. The van der Waals surface area contributed by atoms with Gasteiger partial charge in [-0.15, -0.1) is 22.0 Å². The molecule has 2 rings (SSSR count). The van der Waals surface area contributed by atoms with Crippen molar-refractivity contribution >= 4 is 23.6 Å².